The summed E-state index contributed by atoms with van der Waals surface area (Å²) in [6.07, 6.45) is 3.74. The molecular weight excluding hydrogens is 329 g/mol. The third kappa shape index (κ3) is 3.67. The molecule has 0 heterocycles. The fourth-order valence-corrected chi connectivity index (χ4v) is 3.90. The molecule has 1 aliphatic carbocycles. The molecule has 3 nitrogen and oxygen atoms in total. The SMILES string of the molecule is COc1cccc(C=C2CCC(CN(C)C)C2(O)c2ccc(F)cc2)c1. The van der Waals surface area contributed by atoms with Gasteiger partial charge in [-0.3, -0.25) is 0 Å². The van der Waals surface area contributed by atoms with Crippen molar-refractivity contribution in [2.24, 2.45) is 5.92 Å². The van der Waals surface area contributed by atoms with Crippen LogP contribution in [-0.2, 0) is 5.60 Å². The van der Waals surface area contributed by atoms with Crippen LogP contribution in [-0.4, -0.2) is 37.8 Å². The summed E-state index contributed by atoms with van der Waals surface area (Å²) in [6.45, 7) is 0.767. The van der Waals surface area contributed by atoms with E-state index < -0.39 is 5.60 Å². The Labute approximate surface area is 154 Å². The fraction of sp³-hybridized carbons (Fsp3) is 0.364. The van der Waals surface area contributed by atoms with E-state index in [0.29, 0.717) is 0 Å². The van der Waals surface area contributed by atoms with Gasteiger partial charge in [0.15, 0.2) is 0 Å². The lowest BCUT2D eigenvalue weighted by Gasteiger charge is -2.34. The second-order valence-corrected chi connectivity index (χ2v) is 7.22. The number of hydrogen-bond donors (Lipinski definition) is 1. The van der Waals surface area contributed by atoms with Crippen molar-refractivity contribution in [3.8, 4) is 5.75 Å². The predicted molar refractivity (Wildman–Crippen MR) is 103 cm³/mol. The van der Waals surface area contributed by atoms with Crippen LogP contribution in [0.5, 0.6) is 5.75 Å². The molecule has 1 N–H and O–H groups in total. The van der Waals surface area contributed by atoms with Crippen molar-refractivity contribution in [2.75, 3.05) is 27.7 Å². The first-order valence-electron chi connectivity index (χ1n) is 8.91. The zero-order valence-electron chi connectivity index (χ0n) is 15.6. The summed E-state index contributed by atoms with van der Waals surface area (Å²) in [5.41, 5.74) is 1.60. The second-order valence-electron chi connectivity index (χ2n) is 7.22. The highest BCUT2D eigenvalue weighted by atomic mass is 19.1. The van der Waals surface area contributed by atoms with Gasteiger partial charge in [0, 0.05) is 12.5 Å². The van der Waals surface area contributed by atoms with Gasteiger partial charge in [0.1, 0.15) is 17.2 Å². The number of aliphatic hydroxyl groups is 1. The molecule has 2 atom stereocenters. The Morgan fingerprint density at radius 2 is 1.96 bits per heavy atom. The number of benzene rings is 2. The Hall–Kier alpha value is -2.17. The van der Waals surface area contributed by atoms with Gasteiger partial charge in [-0.05, 0) is 67.9 Å². The molecule has 26 heavy (non-hydrogen) atoms. The standard InChI is InChI=1S/C22H26FNO2/c1-24(2)15-19-8-7-18(13-16-5-4-6-21(14-16)26-3)22(19,25)17-9-11-20(23)12-10-17/h4-6,9-14,19,25H,7-8,15H2,1-3H3. The average molecular weight is 355 g/mol. The summed E-state index contributed by atoms with van der Waals surface area (Å²) in [4.78, 5) is 2.09. The Morgan fingerprint density at radius 1 is 1.23 bits per heavy atom. The number of nitrogens with zero attached hydrogens (tertiary/aromatic N) is 1. The second kappa shape index (κ2) is 7.60. The highest BCUT2D eigenvalue weighted by Gasteiger charge is 2.46. The molecule has 4 heteroatoms. The molecule has 0 saturated heterocycles. The van der Waals surface area contributed by atoms with E-state index in [2.05, 4.69) is 4.90 Å². The maximum Gasteiger partial charge on any atom is 0.123 e. The lowest BCUT2D eigenvalue weighted by atomic mass is 9.80. The van der Waals surface area contributed by atoms with Crippen LogP contribution in [0.3, 0.4) is 0 Å². The third-order valence-electron chi connectivity index (χ3n) is 5.15. The minimum Gasteiger partial charge on any atom is -0.497 e. The van der Waals surface area contributed by atoms with Gasteiger partial charge in [-0.15, -0.1) is 0 Å². The Bertz CT molecular complexity index is 785. The van der Waals surface area contributed by atoms with E-state index in [1.54, 1.807) is 19.2 Å². The van der Waals surface area contributed by atoms with Crippen molar-refractivity contribution in [3.63, 3.8) is 0 Å². The molecule has 1 aliphatic rings. The predicted octanol–water partition coefficient (Wildman–Crippen LogP) is 4.08. The van der Waals surface area contributed by atoms with Gasteiger partial charge in [-0.1, -0.05) is 30.3 Å². The summed E-state index contributed by atoms with van der Waals surface area (Å²) in [6, 6.07) is 14.0. The van der Waals surface area contributed by atoms with Crippen molar-refractivity contribution < 1.29 is 14.2 Å². The molecule has 1 fully saturated rings. The van der Waals surface area contributed by atoms with E-state index >= 15 is 0 Å². The van der Waals surface area contributed by atoms with E-state index in [9.17, 15) is 9.50 Å². The van der Waals surface area contributed by atoms with Crippen LogP contribution in [0.4, 0.5) is 4.39 Å². The van der Waals surface area contributed by atoms with Crippen molar-refractivity contribution in [1.82, 2.24) is 4.90 Å². The molecule has 2 aromatic rings. The van der Waals surface area contributed by atoms with Gasteiger partial charge in [0.05, 0.1) is 7.11 Å². The van der Waals surface area contributed by atoms with E-state index in [0.717, 1.165) is 41.8 Å². The van der Waals surface area contributed by atoms with E-state index in [-0.39, 0.29) is 11.7 Å². The minimum absolute atomic E-state index is 0.0554. The number of halogens is 1. The van der Waals surface area contributed by atoms with Gasteiger partial charge in [0.25, 0.3) is 0 Å². The van der Waals surface area contributed by atoms with Gasteiger partial charge < -0.3 is 14.7 Å². The van der Waals surface area contributed by atoms with Crippen molar-refractivity contribution >= 4 is 6.08 Å². The molecule has 0 spiro atoms. The van der Waals surface area contributed by atoms with Crippen LogP contribution in [0.25, 0.3) is 6.08 Å². The monoisotopic (exact) mass is 355 g/mol. The van der Waals surface area contributed by atoms with Gasteiger partial charge >= 0.3 is 0 Å². The van der Waals surface area contributed by atoms with Crippen LogP contribution in [0.1, 0.15) is 24.0 Å². The molecule has 2 aromatic carbocycles. The van der Waals surface area contributed by atoms with E-state index in [4.69, 9.17) is 4.74 Å². The largest absolute Gasteiger partial charge is 0.497 e. The van der Waals surface area contributed by atoms with Crippen LogP contribution >= 0.6 is 0 Å². The van der Waals surface area contributed by atoms with Crippen LogP contribution in [0.2, 0.25) is 0 Å². The van der Waals surface area contributed by atoms with E-state index in [1.807, 2.05) is 44.4 Å². The first kappa shape index (κ1) is 18.6. The quantitative estimate of drug-likeness (QED) is 0.877. The number of rotatable bonds is 5. The first-order valence-corrected chi connectivity index (χ1v) is 8.91. The molecule has 3 rings (SSSR count). The molecule has 138 valence electrons. The molecular formula is C22H26FNO2. The molecule has 0 aromatic heterocycles. The first-order chi connectivity index (χ1) is 12.4. The zero-order valence-corrected chi connectivity index (χ0v) is 15.6. The average Bonchev–Trinajstić information content (AvgIpc) is 2.92. The van der Waals surface area contributed by atoms with E-state index in [1.165, 1.54) is 12.1 Å². The maximum absolute atomic E-state index is 13.4. The van der Waals surface area contributed by atoms with Crippen LogP contribution in [0.15, 0.2) is 54.1 Å². The summed E-state index contributed by atoms with van der Waals surface area (Å²) in [7, 11) is 5.66. The summed E-state index contributed by atoms with van der Waals surface area (Å²) in [5, 5.41) is 11.8. The fourth-order valence-electron chi connectivity index (χ4n) is 3.90. The summed E-state index contributed by atoms with van der Waals surface area (Å²) >= 11 is 0. The molecule has 0 amide bonds. The zero-order chi connectivity index (χ0) is 18.7. The maximum atomic E-state index is 13.4. The van der Waals surface area contributed by atoms with Crippen LogP contribution < -0.4 is 4.74 Å². The topological polar surface area (TPSA) is 32.7 Å². The Kier molecular flexibility index (Phi) is 5.44. The molecule has 0 radical (unpaired) electrons. The smallest absolute Gasteiger partial charge is 0.123 e. The van der Waals surface area contributed by atoms with Crippen molar-refractivity contribution in [1.29, 1.82) is 0 Å². The summed E-state index contributed by atoms with van der Waals surface area (Å²) < 4.78 is 18.7. The minimum atomic E-state index is -1.10. The summed E-state index contributed by atoms with van der Waals surface area (Å²) in [5.74, 6) is 0.546. The molecule has 0 aliphatic heterocycles. The number of hydrogen-bond acceptors (Lipinski definition) is 3. The normalized spacial score (nSPS) is 24.4. The number of ether oxygens (including phenoxy) is 1. The molecule has 1 saturated carbocycles. The highest BCUT2D eigenvalue weighted by molar-refractivity contribution is 5.59. The Balaban J connectivity index is 2.05. The molecule has 0 bridgehead atoms. The Morgan fingerprint density at radius 3 is 2.62 bits per heavy atom. The third-order valence-corrected chi connectivity index (χ3v) is 5.15. The molecule has 2 unspecified atom stereocenters. The van der Waals surface area contributed by atoms with Gasteiger partial charge in [0.2, 0.25) is 0 Å². The van der Waals surface area contributed by atoms with Gasteiger partial charge in [-0.25, -0.2) is 4.39 Å². The lowest BCUT2D eigenvalue weighted by molar-refractivity contribution is 0.0216. The highest BCUT2D eigenvalue weighted by Crippen LogP contribution is 2.48. The van der Waals surface area contributed by atoms with Crippen molar-refractivity contribution in [2.45, 2.75) is 18.4 Å². The van der Waals surface area contributed by atoms with Crippen LogP contribution in [0, 0.1) is 11.7 Å². The lowest BCUT2D eigenvalue weighted by Crippen LogP contribution is -2.37. The van der Waals surface area contributed by atoms with Crippen molar-refractivity contribution in [3.05, 3.63) is 71.0 Å². The van der Waals surface area contributed by atoms with Gasteiger partial charge in [-0.2, -0.15) is 0 Å². The number of methoxy groups -OCH3 is 1.